The van der Waals surface area contributed by atoms with E-state index in [1.54, 1.807) is 41.2 Å². The predicted molar refractivity (Wildman–Crippen MR) is 94.9 cm³/mol. The van der Waals surface area contributed by atoms with E-state index >= 15 is 0 Å². The minimum absolute atomic E-state index is 0.115. The second kappa shape index (κ2) is 7.83. The van der Waals surface area contributed by atoms with Crippen LogP contribution in [0.2, 0.25) is 0 Å². The molecule has 0 fully saturated rings. The molecule has 0 unspecified atom stereocenters. The summed E-state index contributed by atoms with van der Waals surface area (Å²) in [6.45, 7) is 5.21. The first kappa shape index (κ1) is 17.8. The fourth-order valence-electron chi connectivity index (χ4n) is 2.06. The predicted octanol–water partition coefficient (Wildman–Crippen LogP) is 3.06. The van der Waals surface area contributed by atoms with E-state index in [4.69, 9.17) is 0 Å². The maximum atomic E-state index is 12.2. The summed E-state index contributed by atoms with van der Waals surface area (Å²) in [6.07, 6.45) is 3.78. The molecule has 2 heterocycles. The van der Waals surface area contributed by atoms with Gasteiger partial charge in [-0.3, -0.25) is 0 Å². The first-order valence-corrected chi connectivity index (χ1v) is 9.50. The lowest BCUT2D eigenvalue weighted by molar-refractivity contribution is 0.205. The van der Waals surface area contributed by atoms with Gasteiger partial charge in [-0.2, -0.15) is 0 Å². The van der Waals surface area contributed by atoms with Gasteiger partial charge in [0.15, 0.2) is 5.16 Å². The van der Waals surface area contributed by atoms with Crippen molar-refractivity contribution < 1.29 is 4.79 Å². The molecule has 0 spiro atoms. The van der Waals surface area contributed by atoms with Crippen molar-refractivity contribution in [2.45, 2.75) is 38.0 Å². The normalized spacial score (nSPS) is 11.0. The first-order valence-electron chi connectivity index (χ1n) is 7.40. The molecule has 23 heavy (non-hydrogen) atoms. The molecular formula is C15H23N5OS2. The van der Waals surface area contributed by atoms with Gasteiger partial charge in [0, 0.05) is 25.4 Å². The monoisotopic (exact) mass is 353 g/mol. The van der Waals surface area contributed by atoms with E-state index in [1.807, 2.05) is 23.3 Å². The lowest BCUT2D eigenvalue weighted by Crippen LogP contribution is -2.36. The van der Waals surface area contributed by atoms with E-state index in [-0.39, 0.29) is 6.03 Å². The molecule has 8 heteroatoms. The molecule has 2 rings (SSSR count). The molecule has 0 aliphatic rings. The van der Waals surface area contributed by atoms with Crippen molar-refractivity contribution in [2.75, 3.05) is 13.3 Å². The van der Waals surface area contributed by atoms with Gasteiger partial charge < -0.3 is 14.8 Å². The van der Waals surface area contributed by atoms with E-state index in [9.17, 15) is 4.79 Å². The van der Waals surface area contributed by atoms with E-state index < -0.39 is 0 Å². The van der Waals surface area contributed by atoms with Crippen molar-refractivity contribution >= 4 is 29.1 Å². The van der Waals surface area contributed by atoms with Crippen LogP contribution >= 0.6 is 23.1 Å². The molecular weight excluding hydrogens is 330 g/mol. The Labute approximate surface area is 145 Å². The Morgan fingerprint density at radius 2 is 2.26 bits per heavy atom. The summed E-state index contributed by atoms with van der Waals surface area (Å²) in [5.41, 5.74) is 1.91. The van der Waals surface area contributed by atoms with Crippen LogP contribution in [0.25, 0.3) is 0 Å². The largest absolute Gasteiger partial charge is 0.332 e. The van der Waals surface area contributed by atoms with Gasteiger partial charge in [0.2, 0.25) is 0 Å². The summed E-state index contributed by atoms with van der Waals surface area (Å²) < 4.78 is 1.99. The summed E-state index contributed by atoms with van der Waals surface area (Å²) in [5.74, 6) is 0.420. The van der Waals surface area contributed by atoms with Crippen LogP contribution in [0.1, 0.15) is 36.2 Å². The van der Waals surface area contributed by atoms with Crippen molar-refractivity contribution in [3.8, 4) is 0 Å². The van der Waals surface area contributed by atoms with Gasteiger partial charge in [0.1, 0.15) is 0 Å². The third-order valence-corrected chi connectivity index (χ3v) is 5.39. The van der Waals surface area contributed by atoms with Crippen molar-refractivity contribution in [1.29, 1.82) is 0 Å². The molecule has 2 amide bonds. The highest BCUT2D eigenvalue weighted by Gasteiger charge is 2.13. The highest BCUT2D eigenvalue weighted by molar-refractivity contribution is 7.98. The summed E-state index contributed by atoms with van der Waals surface area (Å²) in [4.78, 5) is 22.7. The number of thiazole rings is 1. The number of urea groups is 1. The van der Waals surface area contributed by atoms with Crippen LogP contribution in [0.15, 0.2) is 16.7 Å². The van der Waals surface area contributed by atoms with Crippen LogP contribution < -0.4 is 5.32 Å². The lowest BCUT2D eigenvalue weighted by Gasteiger charge is -2.17. The standard InChI is InChI=1S/C15H23N5OS2/c1-10(2)13-18-11(9-23-13)8-19(3)14(21)16-6-12-7-17-15(22-5)20(12)4/h7,9-10H,6,8H2,1-5H3,(H,16,21). The molecule has 6 nitrogen and oxygen atoms in total. The van der Waals surface area contributed by atoms with Crippen LogP contribution in [0.5, 0.6) is 0 Å². The lowest BCUT2D eigenvalue weighted by atomic mass is 10.2. The fourth-order valence-corrected chi connectivity index (χ4v) is 3.43. The number of nitrogens with one attached hydrogen (secondary N) is 1. The number of carbonyl (C=O) groups is 1. The van der Waals surface area contributed by atoms with Crippen molar-refractivity contribution in [3.05, 3.63) is 28.0 Å². The number of imidazole rings is 1. The topological polar surface area (TPSA) is 63.1 Å². The molecule has 0 saturated heterocycles. The molecule has 0 saturated carbocycles. The highest BCUT2D eigenvalue weighted by Crippen LogP contribution is 2.19. The van der Waals surface area contributed by atoms with Crippen LogP contribution in [-0.4, -0.2) is 38.8 Å². The zero-order valence-corrected chi connectivity index (χ0v) is 15.8. The van der Waals surface area contributed by atoms with Gasteiger partial charge in [-0.1, -0.05) is 25.6 Å². The summed E-state index contributed by atoms with van der Waals surface area (Å²) >= 11 is 3.23. The maximum absolute atomic E-state index is 12.2. The number of thioether (sulfide) groups is 1. The summed E-state index contributed by atoms with van der Waals surface area (Å²) in [5, 5.41) is 6.98. The molecule has 0 aliphatic heterocycles. The Morgan fingerprint density at radius 1 is 1.52 bits per heavy atom. The van der Waals surface area contributed by atoms with E-state index in [0.29, 0.717) is 19.0 Å². The van der Waals surface area contributed by atoms with Gasteiger partial charge in [0.25, 0.3) is 0 Å². The number of carbonyl (C=O) groups excluding carboxylic acids is 1. The van der Waals surface area contributed by atoms with E-state index in [1.165, 1.54) is 0 Å². The molecule has 2 aromatic rings. The average Bonchev–Trinajstić information content (AvgIpc) is 3.11. The second-order valence-electron chi connectivity index (χ2n) is 5.64. The molecule has 0 bridgehead atoms. The maximum Gasteiger partial charge on any atom is 0.317 e. The quantitative estimate of drug-likeness (QED) is 0.811. The summed E-state index contributed by atoms with van der Waals surface area (Å²) in [6, 6.07) is -0.115. The minimum Gasteiger partial charge on any atom is -0.332 e. The van der Waals surface area contributed by atoms with Crippen LogP contribution in [0.4, 0.5) is 4.79 Å². The Hall–Kier alpha value is -1.54. The van der Waals surface area contributed by atoms with Gasteiger partial charge >= 0.3 is 6.03 Å². The van der Waals surface area contributed by atoms with E-state index in [2.05, 4.69) is 29.1 Å². The number of hydrogen-bond acceptors (Lipinski definition) is 5. The Bertz CT molecular complexity index is 665. The van der Waals surface area contributed by atoms with Gasteiger partial charge in [-0.05, 0) is 6.26 Å². The Balaban J connectivity index is 1.88. The molecule has 0 atom stereocenters. The average molecular weight is 354 g/mol. The number of rotatable bonds is 6. The Morgan fingerprint density at radius 3 is 2.83 bits per heavy atom. The number of aromatic nitrogens is 3. The zero-order chi connectivity index (χ0) is 17.0. The number of nitrogens with zero attached hydrogens (tertiary/aromatic N) is 4. The van der Waals surface area contributed by atoms with Gasteiger partial charge in [-0.15, -0.1) is 11.3 Å². The van der Waals surface area contributed by atoms with Gasteiger partial charge in [-0.25, -0.2) is 14.8 Å². The molecule has 1 N–H and O–H groups in total. The second-order valence-corrected chi connectivity index (χ2v) is 7.30. The molecule has 126 valence electrons. The fraction of sp³-hybridized carbons (Fsp3) is 0.533. The molecule has 0 aliphatic carbocycles. The van der Waals surface area contributed by atoms with Crippen LogP contribution in [-0.2, 0) is 20.1 Å². The zero-order valence-electron chi connectivity index (χ0n) is 14.2. The smallest absolute Gasteiger partial charge is 0.317 e. The highest BCUT2D eigenvalue weighted by atomic mass is 32.2. The van der Waals surface area contributed by atoms with Crippen molar-refractivity contribution in [2.24, 2.45) is 7.05 Å². The first-order chi connectivity index (χ1) is 10.9. The summed E-state index contributed by atoms with van der Waals surface area (Å²) in [7, 11) is 3.73. The molecule has 0 radical (unpaired) electrons. The van der Waals surface area contributed by atoms with Gasteiger partial charge in [0.05, 0.1) is 35.7 Å². The van der Waals surface area contributed by atoms with E-state index in [0.717, 1.165) is 21.6 Å². The van der Waals surface area contributed by atoms with Crippen molar-refractivity contribution in [3.63, 3.8) is 0 Å². The minimum atomic E-state index is -0.115. The van der Waals surface area contributed by atoms with Crippen LogP contribution in [0.3, 0.4) is 0 Å². The third kappa shape index (κ3) is 4.48. The van der Waals surface area contributed by atoms with Crippen LogP contribution in [0, 0.1) is 0 Å². The van der Waals surface area contributed by atoms with Crippen molar-refractivity contribution in [1.82, 2.24) is 24.8 Å². The SMILES string of the molecule is CSc1ncc(CNC(=O)N(C)Cc2csc(C(C)C)n2)n1C. The molecule has 0 aromatic carbocycles. The third-order valence-electron chi connectivity index (χ3n) is 3.45. The molecule has 2 aromatic heterocycles. The number of amides is 2. The Kier molecular flexibility index (Phi) is 6.06. The number of hydrogen-bond donors (Lipinski definition) is 1.